The van der Waals surface area contributed by atoms with Gasteiger partial charge in [-0.3, -0.25) is 9.59 Å². The number of amides is 1. The molecule has 1 N–H and O–H groups in total. The first-order chi connectivity index (χ1) is 12.6. The number of aryl methyl sites for hydroxylation is 1. The number of anilines is 1. The lowest BCUT2D eigenvalue weighted by Crippen LogP contribution is -2.14. The van der Waals surface area contributed by atoms with Crippen molar-refractivity contribution in [2.24, 2.45) is 0 Å². The third kappa shape index (κ3) is 3.00. The van der Waals surface area contributed by atoms with Gasteiger partial charge in [0.25, 0.3) is 5.91 Å². The Hall–Kier alpha value is -3.32. The Balaban J connectivity index is 1.71. The van der Waals surface area contributed by atoms with Gasteiger partial charge >= 0.3 is 5.56 Å². The van der Waals surface area contributed by atoms with Crippen molar-refractivity contribution < 1.29 is 4.79 Å². The third-order valence-corrected chi connectivity index (χ3v) is 4.88. The number of para-hydroxylation sites is 1. The Kier molecular flexibility index (Phi) is 4.06. The zero-order valence-electron chi connectivity index (χ0n) is 13.8. The summed E-state index contributed by atoms with van der Waals surface area (Å²) in [7, 11) is 0. The van der Waals surface area contributed by atoms with Crippen LogP contribution in [0.2, 0.25) is 0 Å². The molecule has 0 spiro atoms. The van der Waals surface area contributed by atoms with Crippen LogP contribution >= 0.6 is 11.3 Å². The minimum Gasteiger partial charge on any atom is -0.321 e. The van der Waals surface area contributed by atoms with Crippen molar-refractivity contribution in [3.05, 3.63) is 81.6 Å². The zero-order chi connectivity index (χ0) is 18.1. The summed E-state index contributed by atoms with van der Waals surface area (Å²) in [6.45, 7) is 1.92. The smallest absolute Gasteiger partial charge is 0.300 e. The summed E-state index contributed by atoms with van der Waals surface area (Å²) in [6.07, 6.45) is 1.59. The van der Waals surface area contributed by atoms with Gasteiger partial charge in [-0.05, 0) is 18.6 Å². The maximum atomic E-state index is 12.5. The Morgan fingerprint density at radius 3 is 2.58 bits per heavy atom. The molecular formula is C19H14N4O2S. The predicted molar refractivity (Wildman–Crippen MR) is 102 cm³/mol. The van der Waals surface area contributed by atoms with Crippen LogP contribution in [0.25, 0.3) is 16.2 Å². The van der Waals surface area contributed by atoms with Crippen LogP contribution in [-0.4, -0.2) is 20.5 Å². The highest BCUT2D eigenvalue weighted by molar-refractivity contribution is 7.18. The number of hydrogen-bond acceptors (Lipinski definition) is 5. The molecule has 1 amide bonds. The number of nitrogens with one attached hydrogen (secondary N) is 1. The van der Waals surface area contributed by atoms with Crippen LogP contribution < -0.4 is 10.9 Å². The van der Waals surface area contributed by atoms with Gasteiger partial charge < -0.3 is 5.32 Å². The van der Waals surface area contributed by atoms with Crippen molar-refractivity contribution in [1.82, 2.24) is 14.6 Å². The fraction of sp³-hybridized carbons (Fsp3) is 0.0526. The molecule has 128 valence electrons. The standard InChI is InChI=1S/C19H14N4O2S/c1-12-7-5-6-10-14(12)20-17(24)15-11-23-19(26-15)21-18(25)16(22-23)13-8-3-2-4-9-13/h2-11H,1H3,(H,20,24). The molecule has 2 aromatic heterocycles. The van der Waals surface area contributed by atoms with Crippen LogP contribution in [0.3, 0.4) is 0 Å². The molecule has 0 radical (unpaired) electrons. The monoisotopic (exact) mass is 362 g/mol. The highest BCUT2D eigenvalue weighted by Gasteiger charge is 2.15. The quantitative estimate of drug-likeness (QED) is 0.606. The molecule has 4 rings (SSSR count). The largest absolute Gasteiger partial charge is 0.321 e. The highest BCUT2D eigenvalue weighted by Crippen LogP contribution is 2.20. The second-order valence-corrected chi connectivity index (χ2v) is 6.73. The van der Waals surface area contributed by atoms with Crippen LogP contribution in [-0.2, 0) is 0 Å². The van der Waals surface area contributed by atoms with Gasteiger partial charge in [-0.25, -0.2) is 4.52 Å². The van der Waals surface area contributed by atoms with Crippen LogP contribution in [0.15, 0.2) is 65.6 Å². The van der Waals surface area contributed by atoms with Crippen LogP contribution in [0, 0.1) is 6.92 Å². The summed E-state index contributed by atoms with van der Waals surface area (Å²) >= 11 is 1.13. The normalized spacial score (nSPS) is 10.8. The SMILES string of the molecule is Cc1ccccc1NC(=O)c1cn2nc(-c3ccccc3)c(=O)nc2s1. The van der Waals surface area contributed by atoms with Gasteiger partial charge in [-0.2, -0.15) is 10.1 Å². The fourth-order valence-electron chi connectivity index (χ4n) is 2.55. The molecule has 0 aliphatic rings. The Morgan fingerprint density at radius 1 is 1.08 bits per heavy atom. The number of nitrogens with zero attached hydrogens (tertiary/aromatic N) is 3. The molecule has 0 fully saturated rings. The number of hydrogen-bond donors (Lipinski definition) is 1. The number of aromatic nitrogens is 3. The van der Waals surface area contributed by atoms with Crippen LogP contribution in [0.5, 0.6) is 0 Å². The molecule has 0 unspecified atom stereocenters. The Morgan fingerprint density at radius 2 is 1.81 bits per heavy atom. The predicted octanol–water partition coefficient (Wildman–Crippen LogP) is 3.38. The van der Waals surface area contributed by atoms with Crippen molar-refractivity contribution in [2.45, 2.75) is 6.92 Å². The van der Waals surface area contributed by atoms with E-state index in [0.717, 1.165) is 22.6 Å². The van der Waals surface area contributed by atoms with Gasteiger partial charge in [0, 0.05) is 11.3 Å². The summed E-state index contributed by atoms with van der Waals surface area (Å²) in [5.74, 6) is -0.259. The summed E-state index contributed by atoms with van der Waals surface area (Å²) in [4.78, 5) is 29.7. The van der Waals surface area contributed by atoms with Gasteiger partial charge in [0.05, 0.1) is 6.20 Å². The van der Waals surface area contributed by atoms with Crippen molar-refractivity contribution in [1.29, 1.82) is 0 Å². The number of fused-ring (bicyclic) bond motifs is 1. The zero-order valence-corrected chi connectivity index (χ0v) is 14.7. The minimum absolute atomic E-state index is 0.256. The van der Waals surface area contributed by atoms with Crippen molar-refractivity contribution >= 4 is 27.9 Å². The molecule has 6 nitrogen and oxygen atoms in total. The molecule has 0 aliphatic carbocycles. The molecule has 0 saturated heterocycles. The third-order valence-electron chi connectivity index (χ3n) is 3.91. The second kappa shape index (κ2) is 6.53. The summed E-state index contributed by atoms with van der Waals surface area (Å²) in [6, 6.07) is 16.7. The number of thiazole rings is 1. The van der Waals surface area contributed by atoms with E-state index in [-0.39, 0.29) is 11.6 Å². The first-order valence-corrected chi connectivity index (χ1v) is 8.76. The van der Waals surface area contributed by atoms with E-state index in [1.807, 2.05) is 49.4 Å². The van der Waals surface area contributed by atoms with E-state index in [0.29, 0.717) is 15.4 Å². The highest BCUT2D eigenvalue weighted by atomic mass is 32.1. The van der Waals surface area contributed by atoms with Gasteiger partial charge in [0.1, 0.15) is 4.88 Å². The second-order valence-electron chi connectivity index (χ2n) is 5.72. The first-order valence-electron chi connectivity index (χ1n) is 7.95. The number of rotatable bonds is 3. The Bertz CT molecular complexity index is 1170. The van der Waals surface area contributed by atoms with Gasteiger partial charge in [-0.15, -0.1) is 0 Å². The topological polar surface area (TPSA) is 76.4 Å². The molecule has 4 aromatic rings. The lowest BCUT2D eigenvalue weighted by Gasteiger charge is -2.05. The molecule has 2 aromatic carbocycles. The molecule has 0 saturated carbocycles. The molecule has 2 heterocycles. The van der Waals surface area contributed by atoms with Gasteiger partial charge in [-0.1, -0.05) is 59.9 Å². The van der Waals surface area contributed by atoms with Crippen molar-refractivity contribution in [3.8, 4) is 11.3 Å². The van der Waals surface area contributed by atoms with E-state index in [1.165, 1.54) is 4.52 Å². The van der Waals surface area contributed by atoms with E-state index in [2.05, 4.69) is 15.4 Å². The van der Waals surface area contributed by atoms with Gasteiger partial charge in [0.2, 0.25) is 4.96 Å². The van der Waals surface area contributed by atoms with Crippen LogP contribution in [0.1, 0.15) is 15.2 Å². The lowest BCUT2D eigenvalue weighted by molar-refractivity contribution is 0.103. The lowest BCUT2D eigenvalue weighted by atomic mass is 10.2. The van der Waals surface area contributed by atoms with Crippen molar-refractivity contribution in [3.63, 3.8) is 0 Å². The summed E-state index contributed by atoms with van der Waals surface area (Å²) in [5.41, 5.74) is 2.25. The molecule has 0 bridgehead atoms. The molecule has 0 aliphatic heterocycles. The minimum atomic E-state index is -0.413. The fourth-order valence-corrected chi connectivity index (χ4v) is 3.36. The van der Waals surface area contributed by atoms with E-state index >= 15 is 0 Å². The van der Waals surface area contributed by atoms with E-state index in [1.54, 1.807) is 18.3 Å². The van der Waals surface area contributed by atoms with E-state index < -0.39 is 5.56 Å². The van der Waals surface area contributed by atoms with Crippen LogP contribution in [0.4, 0.5) is 5.69 Å². The summed E-state index contributed by atoms with van der Waals surface area (Å²) < 4.78 is 1.47. The molecule has 26 heavy (non-hydrogen) atoms. The summed E-state index contributed by atoms with van der Waals surface area (Å²) in [5, 5.41) is 7.22. The number of carbonyl (C=O) groups is 1. The van der Waals surface area contributed by atoms with Crippen molar-refractivity contribution in [2.75, 3.05) is 5.32 Å². The average Bonchev–Trinajstić information content (AvgIpc) is 3.06. The number of carbonyl (C=O) groups excluding carboxylic acids is 1. The Labute approximate surface area is 152 Å². The van der Waals surface area contributed by atoms with E-state index in [4.69, 9.17) is 0 Å². The average molecular weight is 362 g/mol. The maximum Gasteiger partial charge on any atom is 0.300 e. The van der Waals surface area contributed by atoms with E-state index in [9.17, 15) is 9.59 Å². The molecule has 0 atom stereocenters. The first kappa shape index (κ1) is 16.2. The number of benzene rings is 2. The van der Waals surface area contributed by atoms with Gasteiger partial charge in [0.15, 0.2) is 5.69 Å². The molecular weight excluding hydrogens is 348 g/mol. The molecule has 7 heteroatoms. The maximum absolute atomic E-state index is 12.5.